The fourth-order valence-electron chi connectivity index (χ4n) is 0.980. The van der Waals surface area contributed by atoms with E-state index in [1.165, 1.54) is 20.2 Å². The third kappa shape index (κ3) is 3.29. The molecule has 0 bridgehead atoms. The minimum atomic E-state index is -0.832. The van der Waals surface area contributed by atoms with E-state index >= 15 is 0 Å². The summed E-state index contributed by atoms with van der Waals surface area (Å²) < 4.78 is 1.02. The Balaban J connectivity index is 2.66. The van der Waals surface area contributed by atoms with Crippen LogP contribution in [0.4, 0.5) is 0 Å². The first-order valence-corrected chi connectivity index (χ1v) is 5.26. The second-order valence-electron chi connectivity index (χ2n) is 2.97. The number of carbonyl (C=O) groups excluding carboxylic acids is 2. The van der Waals surface area contributed by atoms with E-state index in [4.69, 9.17) is 5.11 Å². The molecule has 8 nitrogen and oxygen atoms in total. The summed E-state index contributed by atoms with van der Waals surface area (Å²) >= 11 is 0.807. The molecule has 0 fully saturated rings. The SMILES string of the molecule is CNNC(=O)C(=O)N(C)Sc1cc(O)[nH]c1O. The standard InChI is InChI=1S/C8H12N4O4S/c1-9-11-7(15)8(16)12(2)17-4-3-5(13)10-6(4)14/h3,9-10,13-14H,1-2H3,(H,11,15). The van der Waals surface area contributed by atoms with E-state index in [-0.39, 0.29) is 16.7 Å². The Kier molecular flexibility index (Phi) is 4.24. The maximum atomic E-state index is 11.5. The topological polar surface area (TPSA) is 118 Å². The smallest absolute Gasteiger partial charge is 0.324 e. The van der Waals surface area contributed by atoms with Gasteiger partial charge in [0.15, 0.2) is 5.88 Å². The molecule has 94 valence electrons. The Hall–Kier alpha value is -1.87. The molecule has 0 atom stereocenters. The van der Waals surface area contributed by atoms with Crippen molar-refractivity contribution in [3.8, 4) is 11.8 Å². The number of amides is 2. The van der Waals surface area contributed by atoms with Gasteiger partial charge in [-0.25, -0.2) is 5.43 Å². The van der Waals surface area contributed by atoms with Gasteiger partial charge in [-0.15, -0.1) is 0 Å². The summed E-state index contributed by atoms with van der Waals surface area (Å²) in [5.41, 5.74) is 4.45. The van der Waals surface area contributed by atoms with Crippen LogP contribution < -0.4 is 10.9 Å². The van der Waals surface area contributed by atoms with Gasteiger partial charge in [-0.05, 0) is 11.9 Å². The Labute approximate surface area is 101 Å². The highest BCUT2D eigenvalue weighted by atomic mass is 32.2. The molecule has 0 aliphatic rings. The van der Waals surface area contributed by atoms with Crippen LogP contribution in [0.1, 0.15) is 0 Å². The Bertz CT molecular complexity index is 433. The lowest BCUT2D eigenvalue weighted by atomic mass is 10.6. The first-order valence-electron chi connectivity index (χ1n) is 4.49. The molecule has 1 rings (SSSR count). The summed E-state index contributed by atoms with van der Waals surface area (Å²) in [7, 11) is 2.82. The quantitative estimate of drug-likeness (QED) is 0.274. The highest BCUT2D eigenvalue weighted by Crippen LogP contribution is 2.32. The van der Waals surface area contributed by atoms with E-state index in [2.05, 4.69) is 15.8 Å². The molecule has 0 aromatic carbocycles. The van der Waals surface area contributed by atoms with Crippen LogP contribution in [0.2, 0.25) is 0 Å². The molecule has 17 heavy (non-hydrogen) atoms. The van der Waals surface area contributed by atoms with Gasteiger partial charge >= 0.3 is 11.8 Å². The van der Waals surface area contributed by atoms with Gasteiger partial charge in [0.2, 0.25) is 5.88 Å². The molecule has 0 aliphatic heterocycles. The number of nitrogens with one attached hydrogen (secondary N) is 3. The molecular formula is C8H12N4O4S. The number of hydrazine groups is 1. The van der Waals surface area contributed by atoms with E-state index in [0.717, 1.165) is 16.3 Å². The van der Waals surface area contributed by atoms with Gasteiger partial charge in [-0.3, -0.25) is 24.3 Å². The zero-order valence-electron chi connectivity index (χ0n) is 9.14. The van der Waals surface area contributed by atoms with Gasteiger partial charge in [-0.1, -0.05) is 0 Å². The highest BCUT2D eigenvalue weighted by Gasteiger charge is 2.21. The lowest BCUT2D eigenvalue weighted by Gasteiger charge is -2.13. The molecule has 1 aromatic heterocycles. The number of carbonyl (C=O) groups is 2. The normalized spacial score (nSPS) is 10.0. The van der Waals surface area contributed by atoms with Crippen LogP contribution >= 0.6 is 11.9 Å². The number of H-pyrrole nitrogens is 1. The third-order valence-corrected chi connectivity index (χ3v) is 2.65. The number of likely N-dealkylation sites (N-methyl/N-ethyl adjacent to an activating group) is 1. The number of aromatic nitrogens is 1. The predicted molar refractivity (Wildman–Crippen MR) is 60.0 cm³/mol. The maximum absolute atomic E-state index is 11.5. The van der Waals surface area contributed by atoms with E-state index < -0.39 is 11.8 Å². The number of hydrogen-bond acceptors (Lipinski definition) is 6. The molecule has 0 radical (unpaired) electrons. The fraction of sp³-hybridized carbons (Fsp3) is 0.250. The molecule has 0 unspecified atom stereocenters. The number of rotatable bonds is 3. The fourth-order valence-corrected chi connectivity index (χ4v) is 1.74. The number of hydrogen-bond donors (Lipinski definition) is 5. The van der Waals surface area contributed by atoms with Crippen molar-refractivity contribution in [2.75, 3.05) is 14.1 Å². The van der Waals surface area contributed by atoms with Crippen LogP contribution in [0, 0.1) is 0 Å². The number of aromatic amines is 1. The molecule has 2 amide bonds. The highest BCUT2D eigenvalue weighted by molar-refractivity contribution is 7.97. The van der Waals surface area contributed by atoms with Crippen molar-refractivity contribution in [2.45, 2.75) is 4.90 Å². The molecule has 1 heterocycles. The van der Waals surface area contributed by atoms with E-state index in [1.807, 2.05) is 0 Å². The van der Waals surface area contributed by atoms with Crippen LogP contribution in [0.3, 0.4) is 0 Å². The van der Waals surface area contributed by atoms with Crippen LogP contribution in [-0.2, 0) is 9.59 Å². The molecule has 0 spiro atoms. The van der Waals surface area contributed by atoms with Crippen LogP contribution in [-0.4, -0.2) is 45.4 Å². The van der Waals surface area contributed by atoms with Crippen molar-refractivity contribution in [1.29, 1.82) is 0 Å². The first-order chi connectivity index (χ1) is 7.95. The lowest BCUT2D eigenvalue weighted by molar-refractivity contribution is -0.142. The van der Waals surface area contributed by atoms with Crippen LogP contribution in [0.15, 0.2) is 11.0 Å². The lowest BCUT2D eigenvalue weighted by Crippen LogP contribution is -2.43. The summed E-state index contributed by atoms with van der Waals surface area (Å²) in [4.78, 5) is 25.1. The van der Waals surface area contributed by atoms with E-state index in [9.17, 15) is 14.7 Å². The predicted octanol–water partition coefficient (Wildman–Crippen LogP) is -0.858. The summed E-state index contributed by atoms with van der Waals surface area (Å²) in [6, 6.07) is 1.24. The van der Waals surface area contributed by atoms with Crippen molar-refractivity contribution < 1.29 is 19.8 Å². The Morgan fingerprint density at radius 2 is 2.12 bits per heavy atom. The number of nitrogens with zero attached hydrogens (tertiary/aromatic N) is 1. The molecule has 0 aliphatic carbocycles. The minimum absolute atomic E-state index is 0.231. The van der Waals surface area contributed by atoms with Crippen LogP contribution in [0.25, 0.3) is 0 Å². The van der Waals surface area contributed by atoms with Gasteiger partial charge in [0, 0.05) is 20.2 Å². The van der Waals surface area contributed by atoms with Gasteiger partial charge in [0.25, 0.3) is 0 Å². The Morgan fingerprint density at radius 3 is 2.59 bits per heavy atom. The van der Waals surface area contributed by atoms with Crippen molar-refractivity contribution in [3.05, 3.63) is 6.07 Å². The Morgan fingerprint density at radius 1 is 1.47 bits per heavy atom. The van der Waals surface area contributed by atoms with Crippen molar-refractivity contribution in [2.24, 2.45) is 0 Å². The van der Waals surface area contributed by atoms with E-state index in [1.54, 1.807) is 0 Å². The summed E-state index contributed by atoms with van der Waals surface area (Å²) in [6.07, 6.45) is 0. The summed E-state index contributed by atoms with van der Waals surface area (Å²) in [5.74, 6) is -2.14. The molecule has 5 N–H and O–H groups in total. The van der Waals surface area contributed by atoms with Crippen molar-refractivity contribution >= 4 is 23.8 Å². The molecular weight excluding hydrogens is 248 g/mol. The zero-order chi connectivity index (χ0) is 13.0. The van der Waals surface area contributed by atoms with Gasteiger partial charge in [0.1, 0.15) is 0 Å². The van der Waals surface area contributed by atoms with Crippen molar-refractivity contribution in [3.63, 3.8) is 0 Å². The summed E-state index contributed by atoms with van der Waals surface area (Å²) in [6.45, 7) is 0. The minimum Gasteiger partial charge on any atom is -0.494 e. The van der Waals surface area contributed by atoms with Crippen LogP contribution in [0.5, 0.6) is 11.8 Å². The second-order valence-corrected chi connectivity index (χ2v) is 4.14. The van der Waals surface area contributed by atoms with Gasteiger partial charge in [0.05, 0.1) is 4.90 Å². The molecule has 9 heteroatoms. The second kappa shape index (κ2) is 5.46. The monoisotopic (exact) mass is 260 g/mol. The third-order valence-electron chi connectivity index (χ3n) is 1.70. The van der Waals surface area contributed by atoms with Gasteiger partial charge < -0.3 is 10.2 Å². The first kappa shape index (κ1) is 13.2. The molecule has 0 saturated carbocycles. The number of aromatic hydroxyl groups is 2. The molecule has 1 aromatic rings. The van der Waals surface area contributed by atoms with Gasteiger partial charge in [-0.2, -0.15) is 0 Å². The largest absolute Gasteiger partial charge is 0.494 e. The zero-order valence-corrected chi connectivity index (χ0v) is 9.96. The van der Waals surface area contributed by atoms with E-state index in [0.29, 0.717) is 0 Å². The maximum Gasteiger partial charge on any atom is 0.324 e. The average Bonchev–Trinajstić information content (AvgIpc) is 2.56. The summed E-state index contributed by atoms with van der Waals surface area (Å²) in [5, 5.41) is 18.4. The average molecular weight is 260 g/mol. The van der Waals surface area contributed by atoms with Crippen molar-refractivity contribution in [1.82, 2.24) is 20.1 Å². The molecule has 0 saturated heterocycles.